The number of hydrogen-bond donors (Lipinski definition) is 0. The van der Waals surface area contributed by atoms with Gasteiger partial charge >= 0.3 is 5.97 Å². The summed E-state index contributed by atoms with van der Waals surface area (Å²) in [6.07, 6.45) is 11.5. The van der Waals surface area contributed by atoms with E-state index >= 15 is 0 Å². The van der Waals surface area contributed by atoms with Crippen molar-refractivity contribution in [2.75, 3.05) is 7.11 Å². The van der Waals surface area contributed by atoms with Crippen molar-refractivity contribution in [3.63, 3.8) is 0 Å². The van der Waals surface area contributed by atoms with Gasteiger partial charge in [-0.15, -0.1) is 0 Å². The third-order valence-electron chi connectivity index (χ3n) is 9.66. The van der Waals surface area contributed by atoms with Crippen molar-refractivity contribution in [1.82, 2.24) is 0 Å². The van der Waals surface area contributed by atoms with Gasteiger partial charge in [0.05, 0.1) is 7.11 Å². The molecule has 0 spiro atoms. The molecule has 2 saturated carbocycles. The van der Waals surface area contributed by atoms with Crippen LogP contribution in [0.15, 0.2) is 47.6 Å². The van der Waals surface area contributed by atoms with Crippen molar-refractivity contribution >= 4 is 11.8 Å². The summed E-state index contributed by atoms with van der Waals surface area (Å²) < 4.78 is 18.3. The van der Waals surface area contributed by atoms with Gasteiger partial charge < -0.3 is 4.74 Å². The van der Waals surface area contributed by atoms with Gasteiger partial charge in [-0.1, -0.05) is 19.9 Å². The van der Waals surface area contributed by atoms with Crippen LogP contribution >= 0.6 is 0 Å². The molecule has 0 N–H and O–H groups in total. The molecule has 32 heavy (non-hydrogen) atoms. The first-order valence-corrected chi connectivity index (χ1v) is 12.1. The topological polar surface area (TPSA) is 43.4 Å². The monoisotopic (exact) mass is 436 g/mol. The molecule has 0 radical (unpaired) electrons. The molecule has 4 aliphatic carbocycles. The SMILES string of the molecule is COC(=O)C1=CC2=CC[C@H]3[C@@H]4CC[C@H](C(=O)c5ccc(F)cc5)[C@@]4(C)CC[C@@H]3[C@@]2(C)CC1. The van der Waals surface area contributed by atoms with Crippen LogP contribution in [0, 0.1) is 40.3 Å². The summed E-state index contributed by atoms with van der Waals surface area (Å²) in [7, 11) is 1.45. The number of allylic oxidation sites excluding steroid dienone is 3. The number of carbonyl (C=O) groups is 2. The molecule has 0 aromatic heterocycles. The number of hydrogen-bond acceptors (Lipinski definition) is 3. The Morgan fingerprint density at radius 3 is 2.50 bits per heavy atom. The van der Waals surface area contributed by atoms with Gasteiger partial charge in [0.2, 0.25) is 0 Å². The van der Waals surface area contributed by atoms with Crippen LogP contribution < -0.4 is 0 Å². The number of fused-ring (bicyclic) bond motifs is 5. The van der Waals surface area contributed by atoms with Gasteiger partial charge in [0.15, 0.2) is 5.78 Å². The Labute approximate surface area is 190 Å². The second-order valence-corrected chi connectivity index (χ2v) is 10.9. The number of esters is 1. The normalized spacial score (nSPS) is 38.0. The highest BCUT2D eigenvalue weighted by molar-refractivity contribution is 5.98. The smallest absolute Gasteiger partial charge is 0.333 e. The maximum absolute atomic E-state index is 13.4. The van der Waals surface area contributed by atoms with Gasteiger partial charge in [0.25, 0.3) is 0 Å². The first kappa shape index (κ1) is 21.6. The molecule has 2 fully saturated rings. The summed E-state index contributed by atoms with van der Waals surface area (Å²) in [5, 5.41) is 0. The highest BCUT2D eigenvalue weighted by Crippen LogP contribution is 2.66. The lowest BCUT2D eigenvalue weighted by Gasteiger charge is -2.57. The lowest BCUT2D eigenvalue weighted by atomic mass is 9.47. The Kier molecular flexibility index (Phi) is 5.18. The number of ether oxygens (including phenoxy) is 1. The molecular weight excluding hydrogens is 403 g/mol. The number of halogens is 1. The van der Waals surface area contributed by atoms with Crippen LogP contribution in [0.25, 0.3) is 0 Å². The summed E-state index contributed by atoms with van der Waals surface area (Å²) in [4.78, 5) is 25.5. The molecule has 6 atom stereocenters. The lowest BCUT2D eigenvalue weighted by molar-refractivity contribution is -0.136. The largest absolute Gasteiger partial charge is 0.466 e. The van der Waals surface area contributed by atoms with Crippen molar-refractivity contribution in [2.45, 2.75) is 58.8 Å². The summed E-state index contributed by atoms with van der Waals surface area (Å²) in [5.74, 6) is 1.43. The van der Waals surface area contributed by atoms with Gasteiger partial charge in [0, 0.05) is 17.1 Å². The Balaban J connectivity index is 1.42. The molecule has 5 rings (SSSR count). The minimum Gasteiger partial charge on any atom is -0.466 e. The van der Waals surface area contributed by atoms with E-state index < -0.39 is 0 Å². The molecule has 170 valence electrons. The van der Waals surface area contributed by atoms with Crippen LogP contribution in [0.5, 0.6) is 0 Å². The zero-order chi connectivity index (χ0) is 22.7. The Bertz CT molecular complexity index is 1010. The van der Waals surface area contributed by atoms with Crippen molar-refractivity contribution in [3.05, 3.63) is 58.9 Å². The Morgan fingerprint density at radius 2 is 1.78 bits per heavy atom. The molecule has 3 nitrogen and oxygen atoms in total. The van der Waals surface area contributed by atoms with Gasteiger partial charge in [0.1, 0.15) is 5.82 Å². The molecule has 4 heteroatoms. The molecule has 4 aliphatic rings. The van der Waals surface area contributed by atoms with E-state index in [0.717, 1.165) is 50.5 Å². The highest BCUT2D eigenvalue weighted by Gasteiger charge is 2.59. The van der Waals surface area contributed by atoms with E-state index in [2.05, 4.69) is 26.0 Å². The maximum atomic E-state index is 13.4. The highest BCUT2D eigenvalue weighted by atomic mass is 19.1. The molecule has 0 saturated heterocycles. The van der Waals surface area contributed by atoms with Crippen LogP contribution in [0.2, 0.25) is 0 Å². The minimum atomic E-state index is -0.299. The van der Waals surface area contributed by atoms with Crippen LogP contribution in [-0.2, 0) is 9.53 Å². The van der Waals surface area contributed by atoms with E-state index in [4.69, 9.17) is 4.74 Å². The quantitative estimate of drug-likeness (QED) is 0.413. The molecule has 0 amide bonds. The number of benzene rings is 1. The van der Waals surface area contributed by atoms with Crippen molar-refractivity contribution in [1.29, 1.82) is 0 Å². The summed E-state index contributed by atoms with van der Waals surface area (Å²) >= 11 is 0. The van der Waals surface area contributed by atoms with Crippen molar-refractivity contribution in [3.8, 4) is 0 Å². The van der Waals surface area contributed by atoms with Crippen molar-refractivity contribution in [2.24, 2.45) is 34.5 Å². The number of ketones is 1. The fraction of sp³-hybridized carbons (Fsp3) is 0.571. The van der Waals surface area contributed by atoms with Gasteiger partial charge in [-0.25, -0.2) is 9.18 Å². The molecule has 1 aromatic carbocycles. The summed E-state index contributed by atoms with van der Waals surface area (Å²) in [6.45, 7) is 4.73. The molecular formula is C28H33FO3. The Morgan fingerprint density at radius 1 is 1.03 bits per heavy atom. The molecule has 1 aromatic rings. The number of carbonyl (C=O) groups excluding carboxylic acids is 2. The molecule has 0 aliphatic heterocycles. The third kappa shape index (κ3) is 3.13. The number of Topliss-reactive ketones (excluding diaryl/α,β-unsaturated/α-hetero) is 1. The zero-order valence-electron chi connectivity index (χ0n) is 19.3. The minimum absolute atomic E-state index is 0.00994. The van der Waals surface area contributed by atoms with Crippen molar-refractivity contribution < 1.29 is 18.7 Å². The maximum Gasteiger partial charge on any atom is 0.333 e. The first-order valence-electron chi connectivity index (χ1n) is 12.1. The average molecular weight is 437 g/mol. The van der Waals surface area contributed by atoms with E-state index in [-0.39, 0.29) is 34.3 Å². The second kappa shape index (κ2) is 7.67. The van der Waals surface area contributed by atoms with Crippen LogP contribution in [0.1, 0.15) is 69.2 Å². The van der Waals surface area contributed by atoms with E-state index in [0.29, 0.717) is 23.3 Å². The second-order valence-electron chi connectivity index (χ2n) is 10.9. The first-order chi connectivity index (χ1) is 15.3. The number of methoxy groups -OCH3 is 1. The summed E-state index contributed by atoms with van der Waals surface area (Å²) in [5.41, 5.74) is 2.86. The standard InChI is InChI=1S/C28H33FO3/c1-27-14-12-18(26(31)32-3)16-19(27)6-9-21-22-10-11-24(28(22,2)15-13-23(21)27)25(30)17-4-7-20(29)8-5-17/h4-8,16,21-24H,9-15H2,1-3H3/t21-,22-,23-,24+,27-,28-/m0/s1. The van der Waals surface area contributed by atoms with E-state index in [9.17, 15) is 14.0 Å². The number of rotatable bonds is 3. The summed E-state index contributed by atoms with van der Waals surface area (Å²) in [6, 6.07) is 6.08. The van der Waals surface area contributed by atoms with E-state index in [1.807, 2.05) is 0 Å². The fourth-order valence-electron chi connectivity index (χ4n) is 7.86. The predicted molar refractivity (Wildman–Crippen MR) is 121 cm³/mol. The molecule has 0 bridgehead atoms. The average Bonchev–Trinajstić information content (AvgIpc) is 3.15. The Hall–Kier alpha value is -2.23. The van der Waals surface area contributed by atoms with E-state index in [1.165, 1.54) is 24.8 Å². The lowest BCUT2D eigenvalue weighted by Crippen LogP contribution is -2.50. The van der Waals surface area contributed by atoms with Gasteiger partial charge in [-0.3, -0.25) is 4.79 Å². The predicted octanol–water partition coefficient (Wildman–Crippen LogP) is 6.30. The molecule has 0 unspecified atom stereocenters. The van der Waals surface area contributed by atoms with E-state index in [1.54, 1.807) is 12.1 Å². The fourth-order valence-corrected chi connectivity index (χ4v) is 7.86. The van der Waals surface area contributed by atoms with Crippen LogP contribution in [0.4, 0.5) is 4.39 Å². The van der Waals surface area contributed by atoms with Crippen LogP contribution in [-0.4, -0.2) is 18.9 Å². The third-order valence-corrected chi connectivity index (χ3v) is 9.66. The zero-order valence-corrected chi connectivity index (χ0v) is 19.3. The van der Waals surface area contributed by atoms with Crippen LogP contribution in [0.3, 0.4) is 0 Å². The molecule has 0 heterocycles. The van der Waals surface area contributed by atoms with Gasteiger partial charge in [-0.2, -0.15) is 0 Å². The van der Waals surface area contributed by atoms with Gasteiger partial charge in [-0.05, 0) is 109 Å².